The minimum Gasteiger partial charge on any atom is -0.486 e. The fourth-order valence-corrected chi connectivity index (χ4v) is 1.90. The Kier molecular flexibility index (Phi) is 2.44. The predicted octanol–water partition coefficient (Wildman–Crippen LogP) is 1.31. The number of nitrogens with zero attached hydrogens (tertiary/aromatic N) is 2. The summed E-state index contributed by atoms with van der Waals surface area (Å²) in [5.41, 5.74) is 7.54. The summed E-state index contributed by atoms with van der Waals surface area (Å²) >= 11 is 0. The third-order valence-electron chi connectivity index (χ3n) is 2.79. The lowest BCUT2D eigenvalue weighted by Gasteiger charge is -2.19. The molecule has 0 fully saturated rings. The molecule has 0 radical (unpaired) electrons. The van der Waals surface area contributed by atoms with Crippen molar-refractivity contribution in [2.45, 2.75) is 12.8 Å². The monoisotopic (exact) mass is 231 g/mol. The molecule has 1 aromatic carbocycles. The molecule has 17 heavy (non-hydrogen) atoms. The maximum absolute atomic E-state index is 5.58. The minimum absolute atomic E-state index is 0.589. The smallest absolute Gasteiger partial charge is 0.162 e. The summed E-state index contributed by atoms with van der Waals surface area (Å²) in [4.78, 5) is 0. The van der Waals surface area contributed by atoms with E-state index in [9.17, 15) is 0 Å². The number of benzene rings is 1. The Morgan fingerprint density at radius 2 is 1.82 bits per heavy atom. The first-order chi connectivity index (χ1) is 8.33. The molecular formula is C12H13N3O2. The summed E-state index contributed by atoms with van der Waals surface area (Å²) in [5, 5.41) is 8.02. The van der Waals surface area contributed by atoms with Crippen molar-refractivity contribution < 1.29 is 9.47 Å². The average molecular weight is 231 g/mol. The van der Waals surface area contributed by atoms with E-state index >= 15 is 0 Å². The zero-order valence-electron chi connectivity index (χ0n) is 9.35. The SMILES string of the molecule is NC1=NN=C(c2ccc3c(c2)OCCO3)CC1. The number of fused-ring (bicyclic) bond motifs is 1. The highest BCUT2D eigenvalue weighted by Crippen LogP contribution is 2.31. The van der Waals surface area contributed by atoms with Gasteiger partial charge in [0.15, 0.2) is 11.5 Å². The fraction of sp³-hybridized carbons (Fsp3) is 0.333. The summed E-state index contributed by atoms with van der Waals surface area (Å²) in [6.45, 7) is 1.20. The molecule has 0 spiro atoms. The van der Waals surface area contributed by atoms with Gasteiger partial charge in [-0.05, 0) is 24.6 Å². The standard InChI is InChI=1S/C12H13N3O2/c13-12-4-2-9(14-15-12)8-1-3-10-11(7-8)17-6-5-16-10/h1,3,7H,2,4-6H2,(H2,13,15). The van der Waals surface area contributed by atoms with Gasteiger partial charge >= 0.3 is 0 Å². The molecule has 5 nitrogen and oxygen atoms in total. The van der Waals surface area contributed by atoms with Crippen LogP contribution in [0.1, 0.15) is 18.4 Å². The number of hydrogen-bond donors (Lipinski definition) is 1. The molecule has 0 aromatic heterocycles. The van der Waals surface area contributed by atoms with Gasteiger partial charge in [-0.15, -0.1) is 5.10 Å². The van der Waals surface area contributed by atoms with Crippen molar-refractivity contribution in [2.75, 3.05) is 13.2 Å². The Labute approximate surface area is 98.9 Å². The lowest BCUT2D eigenvalue weighted by molar-refractivity contribution is 0.171. The summed E-state index contributed by atoms with van der Waals surface area (Å²) in [6.07, 6.45) is 1.57. The largest absolute Gasteiger partial charge is 0.486 e. The van der Waals surface area contributed by atoms with Gasteiger partial charge in [0.1, 0.15) is 19.0 Å². The van der Waals surface area contributed by atoms with Gasteiger partial charge in [0, 0.05) is 12.0 Å². The third kappa shape index (κ3) is 1.95. The molecule has 0 unspecified atom stereocenters. The van der Waals surface area contributed by atoms with Crippen LogP contribution in [0.5, 0.6) is 11.5 Å². The second-order valence-electron chi connectivity index (χ2n) is 4.00. The molecule has 2 N–H and O–H groups in total. The maximum Gasteiger partial charge on any atom is 0.162 e. The van der Waals surface area contributed by atoms with Crippen LogP contribution >= 0.6 is 0 Å². The van der Waals surface area contributed by atoms with E-state index in [1.165, 1.54) is 0 Å². The van der Waals surface area contributed by atoms with Crippen LogP contribution in [0.3, 0.4) is 0 Å². The molecule has 0 saturated heterocycles. The number of ether oxygens (including phenoxy) is 2. The van der Waals surface area contributed by atoms with Gasteiger partial charge in [0.25, 0.3) is 0 Å². The summed E-state index contributed by atoms with van der Waals surface area (Å²) in [5.74, 6) is 2.16. The van der Waals surface area contributed by atoms with E-state index < -0.39 is 0 Å². The van der Waals surface area contributed by atoms with Crippen molar-refractivity contribution >= 4 is 11.5 Å². The lowest BCUT2D eigenvalue weighted by atomic mass is 10.0. The third-order valence-corrected chi connectivity index (χ3v) is 2.79. The van der Waals surface area contributed by atoms with Crippen LogP contribution in [-0.4, -0.2) is 24.8 Å². The number of hydrogen-bond acceptors (Lipinski definition) is 5. The molecule has 88 valence electrons. The molecule has 0 saturated carbocycles. The van der Waals surface area contributed by atoms with E-state index in [0.717, 1.165) is 35.6 Å². The molecule has 0 amide bonds. The van der Waals surface area contributed by atoms with Crippen molar-refractivity contribution in [3.05, 3.63) is 23.8 Å². The van der Waals surface area contributed by atoms with Crippen molar-refractivity contribution in [2.24, 2.45) is 15.9 Å². The Bertz CT molecular complexity index is 508. The second kappa shape index (κ2) is 4.08. The molecule has 1 aromatic rings. The first-order valence-electron chi connectivity index (χ1n) is 5.62. The molecule has 3 rings (SSSR count). The highest BCUT2D eigenvalue weighted by atomic mass is 16.6. The van der Waals surface area contributed by atoms with E-state index in [-0.39, 0.29) is 0 Å². The van der Waals surface area contributed by atoms with Crippen LogP contribution < -0.4 is 15.2 Å². The maximum atomic E-state index is 5.58. The lowest BCUT2D eigenvalue weighted by Crippen LogP contribution is -2.18. The molecule has 0 aliphatic carbocycles. The molecule has 2 heterocycles. The first kappa shape index (κ1) is 10.1. The van der Waals surface area contributed by atoms with Crippen molar-refractivity contribution in [3.8, 4) is 11.5 Å². The normalized spacial score (nSPS) is 18.4. The van der Waals surface area contributed by atoms with Gasteiger partial charge in [-0.25, -0.2) is 0 Å². The molecular weight excluding hydrogens is 218 g/mol. The predicted molar refractivity (Wildman–Crippen MR) is 64.8 cm³/mol. The van der Waals surface area contributed by atoms with E-state index in [0.29, 0.717) is 19.0 Å². The Morgan fingerprint density at radius 3 is 2.59 bits per heavy atom. The van der Waals surface area contributed by atoms with Crippen LogP contribution in [0.15, 0.2) is 28.4 Å². The molecule has 0 atom stereocenters. The van der Waals surface area contributed by atoms with Gasteiger partial charge in [0.2, 0.25) is 0 Å². The topological polar surface area (TPSA) is 69.2 Å². The van der Waals surface area contributed by atoms with Crippen LogP contribution in [-0.2, 0) is 0 Å². The first-order valence-corrected chi connectivity index (χ1v) is 5.62. The number of rotatable bonds is 1. The second-order valence-corrected chi connectivity index (χ2v) is 4.00. The highest BCUT2D eigenvalue weighted by molar-refractivity contribution is 6.04. The van der Waals surface area contributed by atoms with E-state index in [4.69, 9.17) is 15.2 Å². The van der Waals surface area contributed by atoms with Crippen LogP contribution in [0.2, 0.25) is 0 Å². The van der Waals surface area contributed by atoms with Crippen molar-refractivity contribution in [3.63, 3.8) is 0 Å². The summed E-state index contributed by atoms with van der Waals surface area (Å²) in [7, 11) is 0. The van der Waals surface area contributed by atoms with Gasteiger partial charge in [-0.1, -0.05) is 0 Å². The van der Waals surface area contributed by atoms with E-state index in [1.54, 1.807) is 0 Å². The number of amidine groups is 1. The fourth-order valence-electron chi connectivity index (χ4n) is 1.90. The quantitative estimate of drug-likeness (QED) is 0.792. The van der Waals surface area contributed by atoms with Gasteiger partial charge in [0.05, 0.1) is 5.71 Å². The zero-order valence-corrected chi connectivity index (χ0v) is 9.35. The highest BCUT2D eigenvalue weighted by Gasteiger charge is 2.15. The summed E-state index contributed by atoms with van der Waals surface area (Å²) in [6, 6.07) is 5.84. The zero-order chi connectivity index (χ0) is 11.7. The average Bonchev–Trinajstić information content (AvgIpc) is 2.39. The van der Waals surface area contributed by atoms with Crippen LogP contribution in [0.4, 0.5) is 0 Å². The molecule has 0 bridgehead atoms. The molecule has 2 aliphatic heterocycles. The Hall–Kier alpha value is -2.04. The van der Waals surface area contributed by atoms with Crippen molar-refractivity contribution in [1.29, 1.82) is 0 Å². The summed E-state index contributed by atoms with van der Waals surface area (Å²) < 4.78 is 11.0. The number of nitrogens with two attached hydrogens (primary N) is 1. The van der Waals surface area contributed by atoms with Gasteiger partial charge in [-0.3, -0.25) is 0 Å². The van der Waals surface area contributed by atoms with Gasteiger partial charge < -0.3 is 15.2 Å². The Morgan fingerprint density at radius 1 is 1.00 bits per heavy atom. The van der Waals surface area contributed by atoms with Crippen molar-refractivity contribution in [1.82, 2.24) is 0 Å². The minimum atomic E-state index is 0.589. The molecule has 2 aliphatic rings. The van der Waals surface area contributed by atoms with E-state index in [2.05, 4.69) is 10.2 Å². The van der Waals surface area contributed by atoms with E-state index in [1.807, 2.05) is 18.2 Å². The molecule has 5 heteroatoms. The Balaban J connectivity index is 1.94. The van der Waals surface area contributed by atoms with Crippen LogP contribution in [0, 0.1) is 0 Å². The van der Waals surface area contributed by atoms with Gasteiger partial charge in [-0.2, -0.15) is 5.10 Å². The van der Waals surface area contributed by atoms with Crippen LogP contribution in [0.25, 0.3) is 0 Å².